The minimum Gasteiger partial charge on any atom is -0.501 e. The molecule has 0 unspecified atom stereocenters. The van der Waals surface area contributed by atoms with Crippen LogP contribution in [0.15, 0.2) is 42.6 Å². The molecule has 3 aromatic rings. The first-order valence-electron chi connectivity index (χ1n) is 9.04. The zero-order valence-corrected chi connectivity index (χ0v) is 21.9. The van der Waals surface area contributed by atoms with E-state index in [9.17, 15) is 22.8 Å². The summed E-state index contributed by atoms with van der Waals surface area (Å²) < 4.78 is 40.6. The van der Waals surface area contributed by atoms with Crippen LogP contribution in [0.25, 0.3) is 11.4 Å². The van der Waals surface area contributed by atoms with Gasteiger partial charge in [0.1, 0.15) is 5.69 Å². The molecule has 34 heavy (non-hydrogen) atoms. The number of pyridine rings is 1. The molecule has 9 nitrogen and oxygen atoms in total. The van der Waals surface area contributed by atoms with Gasteiger partial charge in [0.2, 0.25) is 5.91 Å². The van der Waals surface area contributed by atoms with Crippen molar-refractivity contribution in [3.05, 3.63) is 75.1 Å². The van der Waals surface area contributed by atoms with E-state index in [0.29, 0.717) is 10.7 Å². The van der Waals surface area contributed by atoms with Gasteiger partial charge in [-0.25, -0.2) is 9.67 Å². The van der Waals surface area contributed by atoms with Crippen LogP contribution in [0.3, 0.4) is 0 Å². The zero-order chi connectivity index (χ0) is 24.3. The fourth-order valence-corrected chi connectivity index (χ4v) is 2.96. The Bertz CT molecular complexity index is 1200. The SMILES string of the molecule is CN(C)[N-]NC(=O)c1ccc(Cl)cc1NC(=O)c1cc(C(F)(F)F)nn1-c1ncccc1Cl.[Y]. The average Bonchev–Trinajstić information content (AvgIpc) is 3.18. The number of carbonyl (C=O) groups is 2. The van der Waals surface area contributed by atoms with Gasteiger partial charge in [-0.05, 0) is 44.4 Å². The van der Waals surface area contributed by atoms with Crippen LogP contribution in [0, 0.1) is 0 Å². The Balaban J connectivity index is 0.00000408. The fourth-order valence-electron chi connectivity index (χ4n) is 2.59. The molecule has 15 heteroatoms. The van der Waals surface area contributed by atoms with E-state index < -0.39 is 29.4 Å². The second-order valence-corrected chi connectivity index (χ2v) is 7.51. The van der Waals surface area contributed by atoms with Crippen molar-refractivity contribution in [2.75, 3.05) is 19.4 Å². The summed E-state index contributed by atoms with van der Waals surface area (Å²) in [6, 6.07) is 7.40. The van der Waals surface area contributed by atoms with Crippen molar-refractivity contribution in [3.8, 4) is 5.82 Å². The Morgan fingerprint density at radius 1 is 1.12 bits per heavy atom. The molecule has 0 bridgehead atoms. The number of amides is 2. The minimum atomic E-state index is -4.84. The first kappa shape index (κ1) is 28.2. The number of rotatable bonds is 6. The molecule has 1 radical (unpaired) electrons. The first-order valence-corrected chi connectivity index (χ1v) is 9.80. The summed E-state index contributed by atoms with van der Waals surface area (Å²) in [5, 5.41) is 7.32. The van der Waals surface area contributed by atoms with E-state index in [-0.39, 0.29) is 59.8 Å². The van der Waals surface area contributed by atoms with Crippen LogP contribution < -0.4 is 10.7 Å². The normalized spacial score (nSPS) is 11.2. The first-order chi connectivity index (χ1) is 15.5. The Morgan fingerprint density at radius 2 is 1.82 bits per heavy atom. The summed E-state index contributed by atoms with van der Waals surface area (Å²) in [6.07, 6.45) is -3.55. The largest absolute Gasteiger partial charge is 0.501 e. The number of alkyl halides is 3. The van der Waals surface area contributed by atoms with E-state index in [1.54, 1.807) is 14.1 Å². The van der Waals surface area contributed by atoms with Crippen LogP contribution in [0.5, 0.6) is 0 Å². The van der Waals surface area contributed by atoms with Crippen molar-refractivity contribution in [1.29, 1.82) is 0 Å². The molecule has 2 heterocycles. The predicted molar refractivity (Wildman–Crippen MR) is 115 cm³/mol. The Labute approximate surface area is 226 Å². The maximum atomic E-state index is 13.3. The predicted octanol–water partition coefficient (Wildman–Crippen LogP) is 4.34. The Kier molecular flexibility index (Phi) is 9.57. The summed E-state index contributed by atoms with van der Waals surface area (Å²) in [5.74, 6) is -1.89. The van der Waals surface area contributed by atoms with E-state index in [2.05, 4.69) is 26.4 Å². The van der Waals surface area contributed by atoms with Crippen LogP contribution in [0.4, 0.5) is 18.9 Å². The number of nitrogens with zero attached hydrogens (tertiary/aromatic N) is 5. The topological polar surface area (TPSA) is 106 Å². The Hall–Kier alpha value is -2.09. The number of hydrogen-bond acceptors (Lipinski definition) is 5. The number of anilines is 1. The average molecular weight is 590 g/mol. The number of halogens is 5. The van der Waals surface area contributed by atoms with Crippen molar-refractivity contribution >= 4 is 40.7 Å². The molecule has 0 aliphatic heterocycles. The van der Waals surface area contributed by atoms with Gasteiger partial charge in [-0.15, -0.1) is 0 Å². The van der Waals surface area contributed by atoms with Crippen LogP contribution in [0.2, 0.25) is 10.0 Å². The van der Waals surface area contributed by atoms with Gasteiger partial charge in [0, 0.05) is 50.0 Å². The molecular weight excluding hydrogens is 575 g/mol. The summed E-state index contributed by atoms with van der Waals surface area (Å²) in [7, 11) is 3.15. The quantitative estimate of drug-likeness (QED) is 0.416. The number of carbonyl (C=O) groups excluding carboxylic acids is 2. The van der Waals surface area contributed by atoms with Crippen molar-refractivity contribution in [2.45, 2.75) is 6.18 Å². The molecule has 0 atom stereocenters. The van der Waals surface area contributed by atoms with Gasteiger partial charge in [0.05, 0.1) is 16.3 Å². The number of hydrogen-bond donors (Lipinski definition) is 2. The van der Waals surface area contributed by atoms with E-state index >= 15 is 0 Å². The van der Waals surface area contributed by atoms with Crippen LogP contribution >= 0.6 is 23.2 Å². The number of nitrogens with one attached hydrogen (secondary N) is 2. The molecule has 1 aromatic carbocycles. The molecule has 0 saturated heterocycles. The van der Waals surface area contributed by atoms with E-state index in [0.717, 1.165) is 0 Å². The summed E-state index contributed by atoms with van der Waals surface area (Å²) in [5.41, 5.74) is 4.04. The zero-order valence-electron chi connectivity index (χ0n) is 17.6. The van der Waals surface area contributed by atoms with Gasteiger partial charge >= 0.3 is 6.18 Å². The van der Waals surface area contributed by atoms with Crippen LogP contribution in [-0.2, 0) is 38.9 Å². The smallest absolute Gasteiger partial charge is 0.435 e. The standard InChI is InChI=1S/C19H16Cl2F3N7O2.Y/c1-30(2)29-27-17(32)11-6-5-10(20)8-13(11)26-18(33)14-9-15(19(22,23)24)28-31(14)16-12(21)4-3-7-25-16;/h3-9H,1-2H3,(H3,26,27,28,29,32,33);/p-1. The van der Waals surface area contributed by atoms with Gasteiger partial charge in [0.15, 0.2) is 11.5 Å². The molecule has 0 saturated carbocycles. The summed E-state index contributed by atoms with van der Waals surface area (Å²) in [6.45, 7) is 0. The monoisotopic (exact) mass is 589 g/mol. The molecular formula is C19H15Cl2F3N7O2Y-. The van der Waals surface area contributed by atoms with Crippen molar-refractivity contribution < 1.29 is 55.5 Å². The number of aromatic nitrogens is 3. The molecule has 177 valence electrons. The van der Waals surface area contributed by atoms with Crippen LogP contribution in [0.1, 0.15) is 26.5 Å². The minimum absolute atomic E-state index is 0. The van der Waals surface area contributed by atoms with E-state index in [1.165, 1.54) is 41.5 Å². The maximum Gasteiger partial charge on any atom is 0.435 e. The molecule has 2 aromatic heterocycles. The number of benzene rings is 1. The molecule has 0 fully saturated rings. The molecule has 0 spiro atoms. The third-order valence-electron chi connectivity index (χ3n) is 4.00. The van der Waals surface area contributed by atoms with Crippen molar-refractivity contribution in [1.82, 2.24) is 25.2 Å². The van der Waals surface area contributed by atoms with Crippen LogP contribution in [-0.4, -0.2) is 45.7 Å². The Morgan fingerprint density at radius 3 is 2.44 bits per heavy atom. The second-order valence-electron chi connectivity index (χ2n) is 6.67. The third-order valence-corrected chi connectivity index (χ3v) is 4.53. The summed E-state index contributed by atoms with van der Waals surface area (Å²) >= 11 is 12.0. The maximum absolute atomic E-state index is 13.3. The summed E-state index contributed by atoms with van der Waals surface area (Å²) in [4.78, 5) is 29.4. The van der Waals surface area contributed by atoms with Gasteiger partial charge in [0.25, 0.3) is 5.91 Å². The fraction of sp³-hybridized carbons (Fsp3) is 0.158. The second kappa shape index (κ2) is 11.6. The molecule has 0 aliphatic carbocycles. The molecule has 0 aliphatic rings. The van der Waals surface area contributed by atoms with Crippen molar-refractivity contribution in [2.24, 2.45) is 0 Å². The van der Waals surface area contributed by atoms with Gasteiger partial charge in [-0.2, -0.15) is 18.3 Å². The van der Waals surface area contributed by atoms with Gasteiger partial charge in [-0.1, -0.05) is 23.2 Å². The molecule has 3 rings (SSSR count). The van der Waals surface area contributed by atoms with Gasteiger partial charge in [-0.3, -0.25) is 9.59 Å². The third kappa shape index (κ3) is 6.74. The molecule has 2 amide bonds. The molecule has 2 N–H and O–H groups in total. The van der Waals surface area contributed by atoms with Gasteiger partial charge < -0.3 is 21.3 Å². The van der Waals surface area contributed by atoms with Crippen molar-refractivity contribution in [3.63, 3.8) is 0 Å². The van der Waals surface area contributed by atoms with E-state index in [1.807, 2.05) is 0 Å². The van der Waals surface area contributed by atoms with E-state index in [4.69, 9.17) is 23.2 Å².